The summed E-state index contributed by atoms with van der Waals surface area (Å²) in [6.45, 7) is 3.06. The Hall–Kier alpha value is -1.91. The van der Waals surface area contributed by atoms with E-state index in [2.05, 4.69) is 0 Å². The lowest BCUT2D eigenvalue weighted by molar-refractivity contribution is -0.385. The van der Waals surface area contributed by atoms with Crippen LogP contribution in [-0.2, 0) is 4.79 Å². The van der Waals surface area contributed by atoms with Gasteiger partial charge in [-0.05, 0) is 19.9 Å². The second-order valence-corrected chi connectivity index (χ2v) is 2.65. The summed E-state index contributed by atoms with van der Waals surface area (Å²) in [5, 5.41) is 18.9. The molecule has 1 aromatic rings. The quantitative estimate of drug-likeness (QED) is 0.550. The number of Topliss-reactive ketones (excluding diaryl/α,β-unsaturated/α-hetero) is 1. The van der Waals surface area contributed by atoms with Crippen LogP contribution in [0, 0.1) is 10.1 Å². The van der Waals surface area contributed by atoms with Gasteiger partial charge in [0.2, 0.25) is 0 Å². The number of nitro groups is 1. The zero-order valence-electron chi connectivity index (χ0n) is 7.93. The first-order chi connectivity index (χ1) is 6.45. The summed E-state index contributed by atoms with van der Waals surface area (Å²) < 4.78 is 0. The Labute approximate surface area is 81.1 Å². The average molecular weight is 197 g/mol. The van der Waals surface area contributed by atoms with Crippen LogP contribution in [0.3, 0.4) is 0 Å². The molecular weight excluding hydrogens is 186 g/mol. The molecular formula is C9H11NO4. The smallest absolute Gasteiger partial charge is 0.310 e. The average Bonchev–Trinajstić information content (AvgIpc) is 2.03. The maximum atomic E-state index is 10.1. The highest BCUT2D eigenvalue weighted by molar-refractivity contribution is 5.72. The van der Waals surface area contributed by atoms with Gasteiger partial charge in [0.1, 0.15) is 5.78 Å². The van der Waals surface area contributed by atoms with E-state index in [1.807, 2.05) is 0 Å². The number of benzene rings is 1. The minimum Gasteiger partial charge on any atom is -0.502 e. The van der Waals surface area contributed by atoms with Gasteiger partial charge in [-0.1, -0.05) is 12.1 Å². The highest BCUT2D eigenvalue weighted by Gasteiger charge is 2.09. The van der Waals surface area contributed by atoms with Gasteiger partial charge in [0.25, 0.3) is 0 Å². The molecule has 5 heteroatoms. The second-order valence-electron chi connectivity index (χ2n) is 2.65. The van der Waals surface area contributed by atoms with E-state index in [-0.39, 0.29) is 17.2 Å². The van der Waals surface area contributed by atoms with Crippen molar-refractivity contribution in [3.63, 3.8) is 0 Å². The van der Waals surface area contributed by atoms with Gasteiger partial charge in [-0.2, -0.15) is 0 Å². The summed E-state index contributed by atoms with van der Waals surface area (Å²) in [6, 6.07) is 5.55. The van der Waals surface area contributed by atoms with E-state index in [0.717, 1.165) is 0 Å². The van der Waals surface area contributed by atoms with Gasteiger partial charge in [-0.25, -0.2) is 0 Å². The van der Waals surface area contributed by atoms with Gasteiger partial charge in [-0.3, -0.25) is 10.1 Å². The molecule has 1 N–H and O–H groups in total. The van der Waals surface area contributed by atoms with Crippen molar-refractivity contribution in [3.05, 3.63) is 34.4 Å². The molecule has 0 saturated carbocycles. The molecule has 76 valence electrons. The Morgan fingerprint density at radius 2 is 1.79 bits per heavy atom. The molecule has 0 amide bonds. The standard InChI is InChI=1S/C6H5NO3.C3H6O/c8-6-4-2-1-3-5(6)7(9)10;1-3(2)4/h1-4,8H;1-2H3. The van der Waals surface area contributed by atoms with Gasteiger partial charge < -0.3 is 9.90 Å². The number of carbonyl (C=O) groups is 1. The molecule has 1 aromatic carbocycles. The van der Waals surface area contributed by atoms with Gasteiger partial charge in [0, 0.05) is 6.07 Å². The van der Waals surface area contributed by atoms with Crippen molar-refractivity contribution in [2.24, 2.45) is 0 Å². The summed E-state index contributed by atoms with van der Waals surface area (Å²) >= 11 is 0. The van der Waals surface area contributed by atoms with Crippen molar-refractivity contribution in [1.82, 2.24) is 0 Å². The molecule has 14 heavy (non-hydrogen) atoms. The van der Waals surface area contributed by atoms with E-state index in [4.69, 9.17) is 5.11 Å². The highest BCUT2D eigenvalue weighted by Crippen LogP contribution is 2.23. The zero-order chi connectivity index (χ0) is 11.1. The van der Waals surface area contributed by atoms with Gasteiger partial charge in [0.05, 0.1) is 4.92 Å². The molecule has 0 spiro atoms. The lowest BCUT2D eigenvalue weighted by Gasteiger charge is -1.91. The van der Waals surface area contributed by atoms with Gasteiger partial charge >= 0.3 is 5.69 Å². The molecule has 0 aliphatic rings. The third-order valence-electron chi connectivity index (χ3n) is 1.08. The van der Waals surface area contributed by atoms with Crippen LogP contribution in [0.25, 0.3) is 0 Å². The molecule has 0 aromatic heterocycles. The summed E-state index contributed by atoms with van der Waals surface area (Å²) in [5.41, 5.74) is -0.262. The number of carbonyl (C=O) groups excluding carboxylic acids is 1. The minimum absolute atomic E-state index is 0.167. The molecule has 5 nitrogen and oxygen atoms in total. The van der Waals surface area contributed by atoms with Crippen LogP contribution in [0.15, 0.2) is 24.3 Å². The number of nitro benzene ring substituents is 1. The molecule has 0 fully saturated rings. The fourth-order valence-electron chi connectivity index (χ4n) is 0.619. The van der Waals surface area contributed by atoms with Crippen LogP contribution < -0.4 is 0 Å². The Morgan fingerprint density at radius 1 is 1.36 bits per heavy atom. The normalized spacial score (nSPS) is 8.43. The molecule has 0 aliphatic heterocycles. The Kier molecular flexibility index (Phi) is 4.91. The highest BCUT2D eigenvalue weighted by atomic mass is 16.6. The van der Waals surface area contributed by atoms with E-state index in [0.29, 0.717) is 0 Å². The predicted molar refractivity (Wildman–Crippen MR) is 51.1 cm³/mol. The van der Waals surface area contributed by atoms with Crippen LogP contribution in [0.5, 0.6) is 5.75 Å². The molecule has 1 rings (SSSR count). The van der Waals surface area contributed by atoms with Crippen LogP contribution in [0.2, 0.25) is 0 Å². The summed E-state index contributed by atoms with van der Waals surface area (Å²) in [5.74, 6) is -0.132. The van der Waals surface area contributed by atoms with E-state index in [9.17, 15) is 14.9 Å². The van der Waals surface area contributed by atoms with Crippen LogP contribution in [0.1, 0.15) is 13.8 Å². The number of ketones is 1. The Balaban J connectivity index is 0.000000364. The van der Waals surface area contributed by atoms with Crippen LogP contribution >= 0.6 is 0 Å². The van der Waals surface area contributed by atoms with Crippen molar-refractivity contribution < 1.29 is 14.8 Å². The van der Waals surface area contributed by atoms with Crippen molar-refractivity contribution in [1.29, 1.82) is 0 Å². The first-order valence-electron chi connectivity index (χ1n) is 3.84. The van der Waals surface area contributed by atoms with Gasteiger partial charge in [0.15, 0.2) is 5.75 Å². The summed E-state index contributed by atoms with van der Waals surface area (Å²) in [7, 11) is 0. The predicted octanol–water partition coefficient (Wildman–Crippen LogP) is 1.90. The Morgan fingerprint density at radius 3 is 2.07 bits per heavy atom. The lowest BCUT2D eigenvalue weighted by Crippen LogP contribution is -1.86. The largest absolute Gasteiger partial charge is 0.502 e. The summed E-state index contributed by atoms with van der Waals surface area (Å²) in [6.07, 6.45) is 0. The second kappa shape index (κ2) is 5.69. The van der Waals surface area contributed by atoms with Crippen LogP contribution in [-0.4, -0.2) is 15.8 Å². The minimum atomic E-state index is -0.630. The molecule has 0 atom stereocenters. The van der Waals surface area contributed by atoms with E-state index in [1.165, 1.54) is 38.1 Å². The fourth-order valence-corrected chi connectivity index (χ4v) is 0.619. The molecule has 0 unspecified atom stereocenters. The maximum Gasteiger partial charge on any atom is 0.310 e. The number of hydrogen-bond donors (Lipinski definition) is 1. The topological polar surface area (TPSA) is 80.4 Å². The third-order valence-corrected chi connectivity index (χ3v) is 1.08. The number of phenols is 1. The first kappa shape index (κ1) is 12.1. The molecule has 0 aliphatic carbocycles. The monoisotopic (exact) mass is 197 g/mol. The fraction of sp³-hybridized carbons (Fsp3) is 0.222. The van der Waals surface area contributed by atoms with E-state index in [1.54, 1.807) is 0 Å². The number of para-hydroxylation sites is 2. The molecule has 0 saturated heterocycles. The van der Waals surface area contributed by atoms with Crippen LogP contribution in [0.4, 0.5) is 5.69 Å². The van der Waals surface area contributed by atoms with Crippen molar-refractivity contribution in [2.45, 2.75) is 13.8 Å². The summed E-state index contributed by atoms with van der Waals surface area (Å²) in [4.78, 5) is 18.9. The lowest BCUT2D eigenvalue weighted by atomic mass is 10.3. The number of phenolic OH excluding ortho intramolecular Hbond substituents is 1. The Bertz CT molecular complexity index is 331. The molecule has 0 heterocycles. The van der Waals surface area contributed by atoms with Crippen molar-refractivity contribution in [2.75, 3.05) is 0 Å². The first-order valence-corrected chi connectivity index (χ1v) is 3.84. The zero-order valence-corrected chi connectivity index (χ0v) is 7.93. The van der Waals surface area contributed by atoms with E-state index >= 15 is 0 Å². The number of hydrogen-bond acceptors (Lipinski definition) is 4. The third kappa shape index (κ3) is 4.87. The molecule has 0 bridgehead atoms. The number of rotatable bonds is 1. The van der Waals surface area contributed by atoms with Crippen molar-refractivity contribution in [3.8, 4) is 5.75 Å². The van der Waals surface area contributed by atoms with Gasteiger partial charge in [-0.15, -0.1) is 0 Å². The number of nitrogens with zero attached hydrogens (tertiary/aromatic N) is 1. The SMILES string of the molecule is CC(C)=O.O=[N+]([O-])c1ccccc1O. The van der Waals surface area contributed by atoms with E-state index < -0.39 is 4.92 Å². The number of aromatic hydroxyl groups is 1. The maximum absolute atomic E-state index is 10.1. The molecule has 0 radical (unpaired) electrons. The van der Waals surface area contributed by atoms with Crippen molar-refractivity contribution >= 4 is 11.5 Å².